The molecule has 0 bridgehead atoms. The number of anilines is 1. The predicted octanol–water partition coefficient (Wildman–Crippen LogP) is 3.78. The third kappa shape index (κ3) is 4.80. The van der Waals surface area contributed by atoms with Crippen LogP contribution in [0.1, 0.15) is 13.8 Å². The van der Waals surface area contributed by atoms with E-state index >= 15 is 0 Å². The van der Waals surface area contributed by atoms with Crippen LogP contribution in [0.5, 0.6) is 5.75 Å². The van der Waals surface area contributed by atoms with E-state index in [0.29, 0.717) is 15.7 Å². The minimum Gasteiger partial charge on any atom is -0.485 e. The molecule has 8 nitrogen and oxygen atoms in total. The number of hydrogen-bond donors (Lipinski definition) is 1. The number of hydrogen-bond acceptors (Lipinski definition) is 5. The first-order valence-electron chi connectivity index (χ1n) is 7.80. The molecule has 0 fully saturated rings. The molecule has 2 aromatic rings. The van der Waals surface area contributed by atoms with E-state index in [4.69, 9.17) is 4.74 Å². The van der Waals surface area contributed by atoms with Crippen LogP contribution in [-0.2, 0) is 11.8 Å². The minimum atomic E-state index is -5.04. The van der Waals surface area contributed by atoms with E-state index in [1.807, 2.05) is 0 Å². The predicted molar refractivity (Wildman–Crippen MR) is 97.6 cm³/mol. The van der Waals surface area contributed by atoms with E-state index in [0.717, 1.165) is 0 Å². The number of carbonyl (C=O) groups is 1. The number of nitro groups is 1. The molecule has 2 rings (SSSR count). The molecule has 12 heteroatoms. The summed E-state index contributed by atoms with van der Waals surface area (Å²) in [5.74, 6) is -1.94. The zero-order valence-electron chi connectivity index (χ0n) is 15.0. The second-order valence-corrected chi connectivity index (χ2v) is 7.34. The molecule has 0 saturated heterocycles. The summed E-state index contributed by atoms with van der Waals surface area (Å²) >= 11 is 3.29. The SMILES string of the molecule is Cn1ncc(Br)c1-c1cc(NC(=O)C(F)(F)F)ccc1OCC(C)(C)[N+](=O)[O-]. The van der Waals surface area contributed by atoms with Crippen LogP contribution in [0.15, 0.2) is 28.9 Å². The molecular formula is C16H16BrF3N4O4. The Balaban J connectivity index is 2.45. The fourth-order valence-corrected chi connectivity index (χ4v) is 2.70. The van der Waals surface area contributed by atoms with Gasteiger partial charge in [0.1, 0.15) is 5.75 Å². The molecule has 0 atom stereocenters. The fourth-order valence-electron chi connectivity index (χ4n) is 2.14. The van der Waals surface area contributed by atoms with Crippen LogP contribution in [0, 0.1) is 10.1 Å². The lowest BCUT2D eigenvalue weighted by atomic mass is 10.1. The first-order valence-corrected chi connectivity index (χ1v) is 8.59. The van der Waals surface area contributed by atoms with Gasteiger partial charge < -0.3 is 10.1 Å². The van der Waals surface area contributed by atoms with E-state index < -0.39 is 22.5 Å². The molecule has 28 heavy (non-hydrogen) atoms. The molecule has 0 aliphatic rings. The Morgan fingerprint density at radius 3 is 2.54 bits per heavy atom. The van der Waals surface area contributed by atoms with Gasteiger partial charge in [-0.25, -0.2) is 0 Å². The van der Waals surface area contributed by atoms with Crippen molar-refractivity contribution >= 4 is 27.5 Å². The molecule has 0 radical (unpaired) electrons. The highest BCUT2D eigenvalue weighted by molar-refractivity contribution is 9.10. The van der Waals surface area contributed by atoms with Gasteiger partial charge >= 0.3 is 12.1 Å². The zero-order valence-corrected chi connectivity index (χ0v) is 16.6. The molecule has 1 N–H and O–H groups in total. The second kappa shape index (κ2) is 7.78. The number of nitrogens with one attached hydrogen (secondary N) is 1. The normalized spacial score (nSPS) is 12.0. The zero-order chi connectivity index (χ0) is 21.3. The summed E-state index contributed by atoms with van der Waals surface area (Å²) in [6.45, 7) is 2.48. The molecule has 0 unspecified atom stereocenters. The molecule has 0 spiro atoms. The van der Waals surface area contributed by atoms with Crippen LogP contribution in [0.4, 0.5) is 18.9 Å². The number of carbonyl (C=O) groups excluding carboxylic acids is 1. The summed E-state index contributed by atoms with van der Waals surface area (Å²) < 4.78 is 45.1. The van der Waals surface area contributed by atoms with Crippen molar-refractivity contribution in [3.05, 3.63) is 39.0 Å². The van der Waals surface area contributed by atoms with Crippen molar-refractivity contribution < 1.29 is 27.6 Å². The number of ether oxygens (including phenoxy) is 1. The van der Waals surface area contributed by atoms with Gasteiger partial charge in [0.2, 0.25) is 5.54 Å². The third-order valence-corrected chi connectivity index (χ3v) is 4.30. The van der Waals surface area contributed by atoms with Crippen LogP contribution in [0.3, 0.4) is 0 Å². The highest BCUT2D eigenvalue weighted by atomic mass is 79.9. The maximum absolute atomic E-state index is 12.5. The molecule has 0 saturated carbocycles. The molecule has 1 heterocycles. The van der Waals surface area contributed by atoms with Gasteiger partial charge in [0.15, 0.2) is 6.61 Å². The Morgan fingerprint density at radius 1 is 1.39 bits per heavy atom. The monoisotopic (exact) mass is 464 g/mol. The minimum absolute atomic E-state index is 0.119. The highest BCUT2D eigenvalue weighted by Gasteiger charge is 2.39. The van der Waals surface area contributed by atoms with E-state index in [-0.39, 0.29) is 18.0 Å². The Morgan fingerprint density at radius 2 is 2.04 bits per heavy atom. The summed E-state index contributed by atoms with van der Waals surface area (Å²) in [6, 6.07) is 3.82. The Bertz CT molecular complexity index is 892. The van der Waals surface area contributed by atoms with Gasteiger partial charge in [0, 0.05) is 37.1 Å². The molecule has 152 valence electrons. The summed E-state index contributed by atoms with van der Waals surface area (Å²) in [5.41, 5.74) is -0.751. The van der Waals surface area contributed by atoms with Crippen molar-refractivity contribution in [3.8, 4) is 17.0 Å². The maximum atomic E-state index is 12.5. The van der Waals surface area contributed by atoms with Crippen LogP contribution in [-0.4, -0.2) is 38.9 Å². The van der Waals surface area contributed by atoms with Gasteiger partial charge in [0.05, 0.1) is 16.4 Å². The average molecular weight is 465 g/mol. The number of aromatic nitrogens is 2. The molecule has 1 aromatic heterocycles. The molecular weight excluding hydrogens is 449 g/mol. The van der Waals surface area contributed by atoms with E-state index in [2.05, 4.69) is 21.0 Å². The van der Waals surface area contributed by atoms with Crippen molar-refractivity contribution in [2.75, 3.05) is 11.9 Å². The van der Waals surface area contributed by atoms with E-state index in [1.165, 1.54) is 42.9 Å². The first-order chi connectivity index (χ1) is 12.8. The number of nitrogens with zero attached hydrogens (tertiary/aromatic N) is 3. The first kappa shape index (κ1) is 21.7. The van der Waals surface area contributed by atoms with Gasteiger partial charge in [-0.2, -0.15) is 18.3 Å². The van der Waals surface area contributed by atoms with Crippen molar-refractivity contribution in [3.63, 3.8) is 0 Å². The summed E-state index contributed by atoms with van der Waals surface area (Å²) in [6.07, 6.45) is -3.57. The van der Waals surface area contributed by atoms with Gasteiger partial charge in [-0.15, -0.1) is 0 Å². The van der Waals surface area contributed by atoms with Gasteiger partial charge in [-0.3, -0.25) is 19.6 Å². The number of rotatable bonds is 6. The van der Waals surface area contributed by atoms with Crippen molar-refractivity contribution in [2.24, 2.45) is 7.05 Å². The summed E-state index contributed by atoms with van der Waals surface area (Å²) in [5, 5.41) is 16.9. The lowest BCUT2D eigenvalue weighted by molar-refractivity contribution is -0.562. The van der Waals surface area contributed by atoms with Crippen LogP contribution in [0.2, 0.25) is 0 Å². The van der Waals surface area contributed by atoms with Crippen LogP contribution in [0.25, 0.3) is 11.3 Å². The number of benzene rings is 1. The Labute approximate surface area is 165 Å². The maximum Gasteiger partial charge on any atom is 0.471 e. The molecule has 0 aliphatic carbocycles. The average Bonchev–Trinajstić information content (AvgIpc) is 2.91. The molecule has 0 aliphatic heterocycles. The van der Waals surface area contributed by atoms with E-state index in [9.17, 15) is 28.1 Å². The highest BCUT2D eigenvalue weighted by Crippen LogP contribution is 2.37. The van der Waals surface area contributed by atoms with Gasteiger partial charge in [0.25, 0.3) is 0 Å². The molecule has 1 aromatic carbocycles. The second-order valence-electron chi connectivity index (χ2n) is 6.49. The van der Waals surface area contributed by atoms with Crippen LogP contribution < -0.4 is 10.1 Å². The summed E-state index contributed by atoms with van der Waals surface area (Å²) in [7, 11) is 1.60. The number of halogens is 4. The number of alkyl halides is 3. The summed E-state index contributed by atoms with van der Waals surface area (Å²) in [4.78, 5) is 21.8. The topological polar surface area (TPSA) is 99.3 Å². The number of aryl methyl sites for hydroxylation is 1. The largest absolute Gasteiger partial charge is 0.485 e. The Hall–Kier alpha value is -2.63. The molecule has 1 amide bonds. The third-order valence-electron chi connectivity index (χ3n) is 3.72. The van der Waals surface area contributed by atoms with Gasteiger partial charge in [-0.05, 0) is 34.1 Å². The van der Waals surface area contributed by atoms with Crippen molar-refractivity contribution in [2.45, 2.75) is 25.6 Å². The lowest BCUT2D eigenvalue weighted by Gasteiger charge is -2.19. The fraction of sp³-hybridized carbons (Fsp3) is 0.375. The van der Waals surface area contributed by atoms with Gasteiger partial charge in [-0.1, -0.05) is 0 Å². The lowest BCUT2D eigenvalue weighted by Crippen LogP contribution is -2.37. The van der Waals surface area contributed by atoms with Crippen molar-refractivity contribution in [1.82, 2.24) is 9.78 Å². The van der Waals surface area contributed by atoms with Crippen molar-refractivity contribution in [1.29, 1.82) is 0 Å². The quantitative estimate of drug-likeness (QED) is 0.517. The number of amides is 1. The Kier molecular flexibility index (Phi) is 6.02. The van der Waals surface area contributed by atoms with Crippen LogP contribution >= 0.6 is 15.9 Å². The van der Waals surface area contributed by atoms with E-state index in [1.54, 1.807) is 12.4 Å². The standard InChI is InChI=1S/C16H16BrF3N4O4/c1-15(2,24(26)27)8-28-12-5-4-9(22-14(25)16(18,19)20)6-10(12)13-11(17)7-21-23(13)3/h4-7H,8H2,1-3H3,(H,22,25). The smallest absolute Gasteiger partial charge is 0.471 e.